The van der Waals surface area contributed by atoms with Crippen molar-refractivity contribution in [3.63, 3.8) is 0 Å². The number of pyridine rings is 1. The van der Waals surface area contributed by atoms with E-state index in [0.717, 1.165) is 6.42 Å². The first kappa shape index (κ1) is 11.3. The lowest BCUT2D eigenvalue weighted by Crippen LogP contribution is -2.47. The highest BCUT2D eigenvalue weighted by molar-refractivity contribution is 5.98. The number of hydrogen-bond donors (Lipinski definition) is 1. The van der Waals surface area contributed by atoms with Crippen LogP contribution in [-0.4, -0.2) is 5.91 Å². The van der Waals surface area contributed by atoms with E-state index in [0.29, 0.717) is 5.56 Å². The number of nitrogens with zero attached hydrogens (tertiary/aromatic N) is 1. The molecule has 0 radical (unpaired) electrons. The SMILES string of the molecule is CCc1cc[n+](NC(=O)c2ccccc2)cc1. The smallest absolute Gasteiger partial charge is 0.264 e. The highest BCUT2D eigenvalue weighted by Crippen LogP contribution is 1.98. The van der Waals surface area contributed by atoms with Crippen molar-refractivity contribution < 1.29 is 9.47 Å². The van der Waals surface area contributed by atoms with Crippen LogP contribution in [-0.2, 0) is 6.42 Å². The minimum atomic E-state index is -0.111. The van der Waals surface area contributed by atoms with Crippen molar-refractivity contribution in [1.29, 1.82) is 0 Å². The fraction of sp³-hybridized carbons (Fsp3) is 0.143. The van der Waals surface area contributed by atoms with Gasteiger partial charge in [0, 0.05) is 17.7 Å². The Hall–Kier alpha value is -2.16. The molecule has 0 saturated carbocycles. The van der Waals surface area contributed by atoms with E-state index < -0.39 is 0 Å². The molecule has 2 aromatic rings. The minimum Gasteiger partial charge on any atom is -0.264 e. The van der Waals surface area contributed by atoms with Crippen LogP contribution >= 0.6 is 0 Å². The zero-order valence-electron chi connectivity index (χ0n) is 9.76. The summed E-state index contributed by atoms with van der Waals surface area (Å²) in [6, 6.07) is 13.1. The molecular formula is C14H15N2O+. The number of amides is 1. The van der Waals surface area contributed by atoms with Crippen LogP contribution in [0.5, 0.6) is 0 Å². The van der Waals surface area contributed by atoms with E-state index in [4.69, 9.17) is 0 Å². The van der Waals surface area contributed by atoms with Gasteiger partial charge in [0.1, 0.15) is 0 Å². The number of rotatable bonds is 3. The van der Waals surface area contributed by atoms with Crippen LogP contribution in [0.1, 0.15) is 22.8 Å². The molecule has 0 fully saturated rings. The topological polar surface area (TPSA) is 33.0 Å². The number of carbonyl (C=O) groups excluding carboxylic acids is 1. The van der Waals surface area contributed by atoms with Crippen molar-refractivity contribution in [3.8, 4) is 0 Å². The number of nitrogens with one attached hydrogen (secondary N) is 1. The van der Waals surface area contributed by atoms with Gasteiger partial charge in [0.05, 0.1) is 0 Å². The molecule has 0 atom stereocenters. The first-order valence-corrected chi connectivity index (χ1v) is 5.66. The normalized spacial score (nSPS) is 9.94. The predicted octanol–water partition coefficient (Wildman–Crippen LogP) is 1.92. The van der Waals surface area contributed by atoms with Crippen molar-refractivity contribution >= 4 is 5.91 Å². The number of aromatic nitrogens is 1. The molecule has 0 aliphatic rings. The van der Waals surface area contributed by atoms with Crippen molar-refractivity contribution in [3.05, 3.63) is 66.0 Å². The molecule has 17 heavy (non-hydrogen) atoms. The first-order chi connectivity index (χ1) is 8.29. The molecule has 1 amide bonds. The predicted molar refractivity (Wildman–Crippen MR) is 66.1 cm³/mol. The van der Waals surface area contributed by atoms with Gasteiger partial charge in [-0.15, -0.1) is 5.43 Å². The molecule has 0 aliphatic carbocycles. The van der Waals surface area contributed by atoms with Crippen LogP contribution in [0.25, 0.3) is 0 Å². The summed E-state index contributed by atoms with van der Waals surface area (Å²) in [5.41, 5.74) is 4.69. The zero-order chi connectivity index (χ0) is 12.1. The summed E-state index contributed by atoms with van der Waals surface area (Å²) in [4.78, 5) is 11.8. The van der Waals surface area contributed by atoms with Gasteiger partial charge in [-0.2, -0.15) is 0 Å². The summed E-state index contributed by atoms with van der Waals surface area (Å²) in [6.07, 6.45) is 4.69. The van der Waals surface area contributed by atoms with Gasteiger partial charge in [0.2, 0.25) is 0 Å². The number of hydrogen-bond acceptors (Lipinski definition) is 1. The standard InChI is InChI=1S/C14H14N2O/c1-2-12-8-10-16(11-9-12)15-14(17)13-6-4-3-5-7-13/h3-11H,2H2,1H3/p+1. The highest BCUT2D eigenvalue weighted by Gasteiger charge is 2.09. The average Bonchev–Trinajstić information content (AvgIpc) is 2.40. The van der Waals surface area contributed by atoms with Gasteiger partial charge in [0.25, 0.3) is 0 Å². The van der Waals surface area contributed by atoms with Crippen LogP contribution in [0, 0.1) is 0 Å². The number of benzene rings is 1. The molecule has 2 rings (SSSR count). The first-order valence-electron chi connectivity index (χ1n) is 5.66. The second kappa shape index (κ2) is 5.25. The van der Waals surface area contributed by atoms with Crippen LogP contribution in [0.2, 0.25) is 0 Å². The third-order valence-corrected chi connectivity index (χ3v) is 2.57. The average molecular weight is 227 g/mol. The third-order valence-electron chi connectivity index (χ3n) is 2.57. The summed E-state index contributed by atoms with van der Waals surface area (Å²) in [7, 11) is 0. The Morgan fingerprint density at radius 2 is 1.76 bits per heavy atom. The van der Waals surface area contributed by atoms with E-state index in [1.807, 2.05) is 42.7 Å². The van der Waals surface area contributed by atoms with Crippen molar-refractivity contribution in [2.45, 2.75) is 13.3 Å². The lowest BCUT2D eigenvalue weighted by molar-refractivity contribution is -0.641. The van der Waals surface area contributed by atoms with Crippen LogP contribution in [0.3, 0.4) is 0 Å². The van der Waals surface area contributed by atoms with Crippen LogP contribution < -0.4 is 10.1 Å². The minimum absolute atomic E-state index is 0.111. The molecule has 0 unspecified atom stereocenters. The van der Waals surface area contributed by atoms with Gasteiger partial charge < -0.3 is 0 Å². The Kier molecular flexibility index (Phi) is 3.50. The molecule has 1 aromatic heterocycles. The number of carbonyl (C=O) groups is 1. The monoisotopic (exact) mass is 227 g/mol. The Morgan fingerprint density at radius 3 is 2.35 bits per heavy atom. The van der Waals surface area contributed by atoms with Gasteiger partial charge in [-0.3, -0.25) is 4.79 Å². The lowest BCUT2D eigenvalue weighted by atomic mass is 10.2. The quantitative estimate of drug-likeness (QED) is 0.798. The fourth-order valence-electron chi connectivity index (χ4n) is 1.54. The molecule has 0 aliphatic heterocycles. The van der Waals surface area contributed by atoms with Gasteiger partial charge >= 0.3 is 5.91 Å². The molecule has 1 N–H and O–H groups in total. The molecule has 3 nitrogen and oxygen atoms in total. The molecule has 86 valence electrons. The fourth-order valence-corrected chi connectivity index (χ4v) is 1.54. The Labute approximate surface area is 101 Å². The summed E-state index contributed by atoms with van der Waals surface area (Å²) >= 11 is 0. The maximum atomic E-state index is 11.8. The van der Waals surface area contributed by atoms with Crippen molar-refractivity contribution in [2.75, 3.05) is 5.43 Å². The van der Waals surface area contributed by atoms with Crippen LogP contribution in [0.4, 0.5) is 0 Å². The molecule has 0 saturated heterocycles. The van der Waals surface area contributed by atoms with Gasteiger partial charge in [-0.1, -0.05) is 29.8 Å². The van der Waals surface area contributed by atoms with Gasteiger partial charge in [-0.05, 0) is 24.1 Å². The largest absolute Gasteiger partial charge is 0.305 e. The summed E-state index contributed by atoms with van der Waals surface area (Å²) in [5.74, 6) is -0.111. The van der Waals surface area contributed by atoms with Gasteiger partial charge in [0.15, 0.2) is 12.4 Å². The lowest BCUT2D eigenvalue weighted by Gasteiger charge is -2.00. The van der Waals surface area contributed by atoms with E-state index in [1.165, 1.54) is 5.56 Å². The van der Waals surface area contributed by atoms with E-state index in [-0.39, 0.29) is 5.91 Å². The molecule has 0 bridgehead atoms. The Balaban J connectivity index is 2.08. The Morgan fingerprint density at radius 1 is 1.12 bits per heavy atom. The third kappa shape index (κ3) is 2.91. The zero-order valence-corrected chi connectivity index (χ0v) is 9.76. The van der Waals surface area contributed by atoms with E-state index in [9.17, 15) is 4.79 Å². The highest BCUT2D eigenvalue weighted by atomic mass is 16.2. The maximum Gasteiger partial charge on any atom is 0.305 e. The second-order valence-electron chi connectivity index (χ2n) is 3.77. The summed E-state index contributed by atoms with van der Waals surface area (Å²) in [6.45, 7) is 2.10. The van der Waals surface area contributed by atoms with E-state index in [2.05, 4.69) is 12.3 Å². The second-order valence-corrected chi connectivity index (χ2v) is 3.77. The molecule has 1 heterocycles. The molecule has 3 heteroatoms. The summed E-state index contributed by atoms with van der Waals surface area (Å²) < 4.78 is 1.66. The molecular weight excluding hydrogens is 212 g/mol. The molecule has 0 spiro atoms. The summed E-state index contributed by atoms with van der Waals surface area (Å²) in [5, 5.41) is 0. The van der Waals surface area contributed by atoms with Crippen molar-refractivity contribution in [1.82, 2.24) is 0 Å². The van der Waals surface area contributed by atoms with Crippen molar-refractivity contribution in [2.24, 2.45) is 0 Å². The molecule has 1 aromatic carbocycles. The van der Waals surface area contributed by atoms with Crippen LogP contribution in [0.15, 0.2) is 54.9 Å². The number of aryl methyl sites for hydroxylation is 1. The van der Waals surface area contributed by atoms with E-state index >= 15 is 0 Å². The maximum absolute atomic E-state index is 11.8. The van der Waals surface area contributed by atoms with Gasteiger partial charge in [-0.25, -0.2) is 0 Å². The Bertz CT molecular complexity index is 491. The van der Waals surface area contributed by atoms with E-state index in [1.54, 1.807) is 16.8 Å².